The number of likely N-dealkylation sites (tertiary alicyclic amines) is 1. The Labute approximate surface area is 120 Å². The molecule has 1 aromatic heterocycles. The lowest BCUT2D eigenvalue weighted by atomic mass is 10.1. The van der Waals surface area contributed by atoms with E-state index >= 15 is 0 Å². The maximum atomic E-state index is 12.0. The van der Waals surface area contributed by atoms with Gasteiger partial charge in [0.1, 0.15) is 0 Å². The minimum atomic E-state index is 0.293. The van der Waals surface area contributed by atoms with Gasteiger partial charge in [0.15, 0.2) is 0 Å². The molecule has 100 valence electrons. The van der Waals surface area contributed by atoms with E-state index in [-0.39, 0.29) is 0 Å². The van der Waals surface area contributed by atoms with Gasteiger partial charge in [0.25, 0.3) is 0 Å². The predicted octanol–water partition coefficient (Wildman–Crippen LogP) is 2.64. The van der Waals surface area contributed by atoms with E-state index in [2.05, 4.69) is 28.1 Å². The van der Waals surface area contributed by atoms with Crippen molar-refractivity contribution in [3.8, 4) is 0 Å². The van der Waals surface area contributed by atoms with Crippen LogP contribution < -0.4 is 5.73 Å². The van der Waals surface area contributed by atoms with Crippen LogP contribution in [-0.2, 0) is 11.2 Å². The summed E-state index contributed by atoms with van der Waals surface area (Å²) in [6.07, 6.45) is 3.67. The van der Waals surface area contributed by atoms with Crippen molar-refractivity contribution in [2.24, 2.45) is 11.7 Å². The highest BCUT2D eigenvalue weighted by molar-refractivity contribution is 9.11. The number of carbonyl (C=O) groups excluding carboxylic acids is 1. The molecule has 1 aliphatic heterocycles. The van der Waals surface area contributed by atoms with Crippen molar-refractivity contribution in [2.75, 3.05) is 19.6 Å². The maximum absolute atomic E-state index is 12.0. The smallest absolute Gasteiger partial charge is 0.222 e. The topological polar surface area (TPSA) is 46.3 Å². The molecule has 2 N–H and O–H groups in total. The molecule has 0 aromatic carbocycles. The molecule has 1 saturated heterocycles. The molecule has 1 atom stereocenters. The van der Waals surface area contributed by atoms with Crippen LogP contribution in [0.5, 0.6) is 0 Å². The molecule has 0 saturated carbocycles. The quantitative estimate of drug-likeness (QED) is 0.902. The number of hydrogen-bond acceptors (Lipinski definition) is 3. The highest BCUT2D eigenvalue weighted by Crippen LogP contribution is 2.23. The highest BCUT2D eigenvalue weighted by Gasteiger charge is 2.24. The summed E-state index contributed by atoms with van der Waals surface area (Å²) in [5.41, 5.74) is 5.63. The van der Waals surface area contributed by atoms with Crippen LogP contribution in [0.2, 0.25) is 0 Å². The van der Waals surface area contributed by atoms with Gasteiger partial charge in [-0.15, -0.1) is 11.3 Å². The predicted molar refractivity (Wildman–Crippen MR) is 78.7 cm³/mol. The summed E-state index contributed by atoms with van der Waals surface area (Å²) in [6, 6.07) is 4.19. The summed E-state index contributed by atoms with van der Waals surface area (Å²) in [7, 11) is 0. The summed E-state index contributed by atoms with van der Waals surface area (Å²) in [5.74, 6) is 0.809. The van der Waals surface area contributed by atoms with Gasteiger partial charge < -0.3 is 10.6 Å². The van der Waals surface area contributed by atoms with Crippen LogP contribution in [0.4, 0.5) is 0 Å². The van der Waals surface area contributed by atoms with Gasteiger partial charge in [-0.25, -0.2) is 0 Å². The SMILES string of the molecule is NCC1CCN(C(=O)CCCc2ccc(Br)s2)C1. The fourth-order valence-corrected chi connectivity index (χ4v) is 3.83. The van der Waals surface area contributed by atoms with Gasteiger partial charge in [0, 0.05) is 24.4 Å². The second kappa shape index (κ2) is 6.68. The zero-order valence-corrected chi connectivity index (χ0v) is 12.8. The van der Waals surface area contributed by atoms with E-state index in [1.165, 1.54) is 4.88 Å². The number of amides is 1. The van der Waals surface area contributed by atoms with E-state index in [4.69, 9.17) is 5.73 Å². The average Bonchev–Trinajstić information content (AvgIpc) is 2.98. The Morgan fingerprint density at radius 2 is 2.39 bits per heavy atom. The Bertz CT molecular complexity index is 407. The van der Waals surface area contributed by atoms with Crippen molar-refractivity contribution in [1.82, 2.24) is 4.90 Å². The number of halogens is 1. The van der Waals surface area contributed by atoms with Crippen LogP contribution in [0.1, 0.15) is 24.1 Å². The molecule has 1 aromatic rings. The van der Waals surface area contributed by atoms with Gasteiger partial charge in [-0.3, -0.25) is 4.79 Å². The summed E-state index contributed by atoms with van der Waals surface area (Å²) < 4.78 is 1.16. The Hall–Kier alpha value is -0.390. The second-order valence-electron chi connectivity index (χ2n) is 4.79. The summed E-state index contributed by atoms with van der Waals surface area (Å²) in [4.78, 5) is 15.3. The third kappa shape index (κ3) is 3.80. The largest absolute Gasteiger partial charge is 0.342 e. The Kier molecular flexibility index (Phi) is 5.21. The van der Waals surface area contributed by atoms with Crippen LogP contribution in [-0.4, -0.2) is 30.4 Å². The molecule has 1 unspecified atom stereocenters. The van der Waals surface area contributed by atoms with Crippen LogP contribution in [0.25, 0.3) is 0 Å². The first kappa shape index (κ1) is 14.0. The van der Waals surface area contributed by atoms with E-state index in [9.17, 15) is 4.79 Å². The molecule has 0 spiro atoms. The van der Waals surface area contributed by atoms with Crippen LogP contribution in [0.3, 0.4) is 0 Å². The van der Waals surface area contributed by atoms with Gasteiger partial charge in [0.2, 0.25) is 5.91 Å². The average molecular weight is 331 g/mol. The van der Waals surface area contributed by atoms with Crippen LogP contribution >= 0.6 is 27.3 Å². The van der Waals surface area contributed by atoms with E-state index in [0.717, 1.165) is 36.1 Å². The first-order valence-electron chi connectivity index (χ1n) is 6.41. The van der Waals surface area contributed by atoms with Crippen molar-refractivity contribution in [3.05, 3.63) is 20.8 Å². The zero-order valence-electron chi connectivity index (χ0n) is 10.4. The molecular formula is C13H19BrN2OS. The molecule has 1 aliphatic rings. The van der Waals surface area contributed by atoms with Crippen molar-refractivity contribution in [1.29, 1.82) is 0 Å². The number of carbonyl (C=O) groups is 1. The van der Waals surface area contributed by atoms with Crippen LogP contribution in [0, 0.1) is 5.92 Å². The molecule has 18 heavy (non-hydrogen) atoms. The number of hydrogen-bond donors (Lipinski definition) is 1. The minimum absolute atomic E-state index is 0.293. The fourth-order valence-electron chi connectivity index (χ4n) is 2.31. The summed E-state index contributed by atoms with van der Waals surface area (Å²) >= 11 is 5.20. The van der Waals surface area contributed by atoms with Crippen molar-refractivity contribution < 1.29 is 4.79 Å². The van der Waals surface area contributed by atoms with Crippen LogP contribution in [0.15, 0.2) is 15.9 Å². The van der Waals surface area contributed by atoms with Gasteiger partial charge in [-0.05, 0) is 59.8 Å². The highest BCUT2D eigenvalue weighted by atomic mass is 79.9. The molecule has 3 nitrogen and oxygen atoms in total. The molecule has 1 amide bonds. The molecule has 5 heteroatoms. The third-order valence-electron chi connectivity index (χ3n) is 3.41. The van der Waals surface area contributed by atoms with Crippen molar-refractivity contribution >= 4 is 33.2 Å². The summed E-state index contributed by atoms with van der Waals surface area (Å²) in [5, 5.41) is 0. The lowest BCUT2D eigenvalue weighted by Crippen LogP contribution is -2.29. The number of nitrogens with zero attached hydrogens (tertiary/aromatic N) is 1. The van der Waals surface area contributed by atoms with Crippen molar-refractivity contribution in [2.45, 2.75) is 25.7 Å². The standard InChI is InChI=1S/C13H19BrN2OS/c14-12-5-4-11(18-12)2-1-3-13(17)16-7-6-10(8-15)9-16/h4-5,10H,1-3,6-9,15H2. The van der Waals surface area contributed by atoms with E-state index in [1.54, 1.807) is 11.3 Å². The lowest BCUT2D eigenvalue weighted by molar-refractivity contribution is -0.130. The first-order valence-corrected chi connectivity index (χ1v) is 8.02. The molecule has 2 rings (SSSR count). The lowest BCUT2D eigenvalue weighted by Gasteiger charge is -2.15. The molecule has 1 fully saturated rings. The van der Waals surface area contributed by atoms with Gasteiger partial charge in [-0.2, -0.15) is 0 Å². The van der Waals surface area contributed by atoms with Crippen molar-refractivity contribution in [3.63, 3.8) is 0 Å². The molecule has 2 heterocycles. The Morgan fingerprint density at radius 3 is 3.00 bits per heavy atom. The van der Waals surface area contributed by atoms with E-state index in [0.29, 0.717) is 24.8 Å². The second-order valence-corrected chi connectivity index (χ2v) is 7.34. The van der Waals surface area contributed by atoms with Gasteiger partial charge in [0.05, 0.1) is 3.79 Å². The third-order valence-corrected chi connectivity index (χ3v) is 5.10. The zero-order chi connectivity index (χ0) is 13.0. The van der Waals surface area contributed by atoms with E-state index in [1.807, 2.05) is 4.90 Å². The molecule has 0 radical (unpaired) electrons. The van der Waals surface area contributed by atoms with E-state index < -0.39 is 0 Å². The number of nitrogens with two attached hydrogens (primary N) is 1. The fraction of sp³-hybridized carbons (Fsp3) is 0.615. The normalized spacial score (nSPS) is 19.4. The molecule has 0 bridgehead atoms. The maximum Gasteiger partial charge on any atom is 0.222 e. The Morgan fingerprint density at radius 1 is 1.56 bits per heavy atom. The first-order chi connectivity index (χ1) is 8.69. The number of thiophene rings is 1. The molecule has 0 aliphatic carbocycles. The van der Waals surface area contributed by atoms with Gasteiger partial charge in [-0.1, -0.05) is 0 Å². The monoisotopic (exact) mass is 330 g/mol. The van der Waals surface area contributed by atoms with Gasteiger partial charge >= 0.3 is 0 Å². The number of rotatable bonds is 5. The summed E-state index contributed by atoms with van der Waals surface area (Å²) in [6.45, 7) is 2.46. The minimum Gasteiger partial charge on any atom is -0.342 e. The Balaban J connectivity index is 1.69. The number of aryl methyl sites for hydroxylation is 1. The molecular weight excluding hydrogens is 312 g/mol.